The highest BCUT2D eigenvalue weighted by atomic mass is 32.1. The number of nitrogens with zero attached hydrogens (tertiary/aromatic N) is 2. The Balaban J connectivity index is 1.80. The number of nitrogens with one attached hydrogen (secondary N) is 2. The highest BCUT2D eigenvalue weighted by Crippen LogP contribution is 2.13. The molecule has 2 aromatic rings. The molecule has 0 aliphatic heterocycles. The van der Waals surface area contributed by atoms with Gasteiger partial charge in [0, 0.05) is 44.7 Å². The van der Waals surface area contributed by atoms with Gasteiger partial charge in [-0.2, -0.15) is 0 Å². The van der Waals surface area contributed by atoms with E-state index in [1.807, 2.05) is 18.3 Å². The van der Waals surface area contributed by atoms with E-state index in [0.717, 1.165) is 31.9 Å². The van der Waals surface area contributed by atoms with Gasteiger partial charge in [-0.05, 0) is 17.5 Å². The summed E-state index contributed by atoms with van der Waals surface area (Å²) in [4.78, 5) is 10.1. The number of rotatable bonds is 8. The fourth-order valence-electron chi connectivity index (χ4n) is 2.34. The number of aryl methyl sites for hydroxylation is 1. The van der Waals surface area contributed by atoms with Crippen molar-refractivity contribution in [1.29, 1.82) is 0 Å². The van der Waals surface area contributed by atoms with E-state index in [2.05, 4.69) is 39.7 Å². The number of thiazole rings is 1. The van der Waals surface area contributed by atoms with Gasteiger partial charge in [0.15, 0.2) is 5.96 Å². The second-order valence-corrected chi connectivity index (χ2v) is 6.58. The van der Waals surface area contributed by atoms with Gasteiger partial charge < -0.3 is 15.4 Å². The molecular formula is C18H26N4OS. The van der Waals surface area contributed by atoms with Crippen LogP contribution in [0.4, 0.5) is 0 Å². The third-order valence-electron chi connectivity index (χ3n) is 3.67. The second-order valence-electron chi connectivity index (χ2n) is 5.38. The molecule has 5 nitrogen and oxygen atoms in total. The molecule has 0 bridgehead atoms. The molecule has 2 rings (SSSR count). The van der Waals surface area contributed by atoms with Crippen LogP contribution in [0.3, 0.4) is 0 Å². The van der Waals surface area contributed by atoms with E-state index in [-0.39, 0.29) is 0 Å². The van der Waals surface area contributed by atoms with Gasteiger partial charge in [-0.25, -0.2) is 4.98 Å². The average Bonchev–Trinajstić information content (AvgIpc) is 3.07. The first-order valence-electron chi connectivity index (χ1n) is 8.20. The van der Waals surface area contributed by atoms with Gasteiger partial charge in [0.25, 0.3) is 0 Å². The lowest BCUT2D eigenvalue weighted by Gasteiger charge is -2.13. The Bertz CT molecular complexity index is 654. The zero-order chi connectivity index (χ0) is 17.2. The first-order valence-corrected chi connectivity index (χ1v) is 9.02. The Kier molecular flexibility index (Phi) is 7.71. The first kappa shape index (κ1) is 18.4. The van der Waals surface area contributed by atoms with Crippen molar-refractivity contribution in [1.82, 2.24) is 15.6 Å². The Morgan fingerprint density at radius 2 is 2.04 bits per heavy atom. The van der Waals surface area contributed by atoms with E-state index in [0.29, 0.717) is 6.61 Å². The lowest BCUT2D eigenvalue weighted by molar-refractivity contribution is 0.184. The molecule has 130 valence electrons. The molecule has 0 atom stereocenters. The quantitative estimate of drug-likeness (QED) is 0.570. The minimum Gasteiger partial charge on any atom is -0.380 e. The largest absolute Gasteiger partial charge is 0.380 e. The van der Waals surface area contributed by atoms with E-state index in [1.165, 1.54) is 21.0 Å². The van der Waals surface area contributed by atoms with Crippen LogP contribution >= 0.6 is 11.3 Å². The fourth-order valence-corrected chi connectivity index (χ4v) is 3.20. The third kappa shape index (κ3) is 5.62. The Labute approximate surface area is 148 Å². The summed E-state index contributed by atoms with van der Waals surface area (Å²) >= 11 is 1.78. The van der Waals surface area contributed by atoms with Crippen LogP contribution in [-0.2, 0) is 30.7 Å². The zero-order valence-corrected chi connectivity index (χ0v) is 15.4. The van der Waals surface area contributed by atoms with Crippen molar-refractivity contribution in [3.05, 3.63) is 51.5 Å². The molecule has 0 saturated heterocycles. The van der Waals surface area contributed by atoms with Crippen molar-refractivity contribution in [2.24, 2.45) is 4.99 Å². The molecule has 6 heteroatoms. The SMILES string of the molecule is CCc1cnc(CCNC(=NC)NCc2ccccc2COC)s1. The molecule has 1 heterocycles. The minimum atomic E-state index is 0.619. The van der Waals surface area contributed by atoms with Crippen molar-refractivity contribution in [2.45, 2.75) is 32.9 Å². The number of methoxy groups -OCH3 is 1. The lowest BCUT2D eigenvalue weighted by atomic mass is 10.1. The van der Waals surface area contributed by atoms with Gasteiger partial charge in [0.1, 0.15) is 0 Å². The van der Waals surface area contributed by atoms with Gasteiger partial charge in [0.2, 0.25) is 0 Å². The summed E-state index contributed by atoms with van der Waals surface area (Å²) in [6.45, 7) is 4.31. The molecule has 0 unspecified atom stereocenters. The highest BCUT2D eigenvalue weighted by molar-refractivity contribution is 7.11. The smallest absolute Gasteiger partial charge is 0.191 e. The fraction of sp³-hybridized carbons (Fsp3) is 0.444. The van der Waals surface area contributed by atoms with E-state index >= 15 is 0 Å². The van der Waals surface area contributed by atoms with E-state index in [1.54, 1.807) is 25.5 Å². The molecule has 0 aliphatic carbocycles. The van der Waals surface area contributed by atoms with Gasteiger partial charge in [0.05, 0.1) is 11.6 Å². The summed E-state index contributed by atoms with van der Waals surface area (Å²) in [5.41, 5.74) is 2.41. The van der Waals surface area contributed by atoms with Crippen LogP contribution in [0.25, 0.3) is 0 Å². The van der Waals surface area contributed by atoms with Crippen molar-refractivity contribution >= 4 is 17.3 Å². The van der Waals surface area contributed by atoms with Crippen LogP contribution in [0.15, 0.2) is 35.5 Å². The number of aromatic nitrogens is 1. The summed E-state index contributed by atoms with van der Waals surface area (Å²) in [7, 11) is 3.50. The monoisotopic (exact) mass is 346 g/mol. The maximum atomic E-state index is 5.25. The molecule has 0 aliphatic rings. The van der Waals surface area contributed by atoms with Gasteiger partial charge in [-0.3, -0.25) is 4.99 Å². The molecule has 1 aromatic carbocycles. The molecule has 0 radical (unpaired) electrons. The number of benzene rings is 1. The zero-order valence-electron chi connectivity index (χ0n) is 14.6. The van der Waals surface area contributed by atoms with E-state index in [4.69, 9.17) is 4.74 Å². The average molecular weight is 347 g/mol. The number of aliphatic imine (C=N–C) groups is 1. The van der Waals surface area contributed by atoms with Crippen LogP contribution < -0.4 is 10.6 Å². The Morgan fingerprint density at radius 1 is 1.25 bits per heavy atom. The third-order valence-corrected chi connectivity index (χ3v) is 4.87. The van der Waals surface area contributed by atoms with Gasteiger partial charge in [-0.15, -0.1) is 11.3 Å². The maximum absolute atomic E-state index is 5.25. The second kappa shape index (κ2) is 10.1. The minimum absolute atomic E-state index is 0.619. The van der Waals surface area contributed by atoms with Gasteiger partial charge in [-0.1, -0.05) is 31.2 Å². The number of ether oxygens (including phenoxy) is 1. The molecule has 0 fully saturated rings. The summed E-state index contributed by atoms with van der Waals surface area (Å²) < 4.78 is 5.25. The molecule has 0 spiro atoms. The summed E-state index contributed by atoms with van der Waals surface area (Å²) in [5.74, 6) is 0.800. The van der Waals surface area contributed by atoms with Crippen molar-refractivity contribution in [3.8, 4) is 0 Å². The van der Waals surface area contributed by atoms with Crippen LogP contribution in [0.2, 0.25) is 0 Å². The van der Waals surface area contributed by atoms with Crippen LogP contribution in [-0.4, -0.2) is 31.6 Å². The molecule has 24 heavy (non-hydrogen) atoms. The maximum Gasteiger partial charge on any atom is 0.191 e. The Morgan fingerprint density at radius 3 is 2.71 bits per heavy atom. The van der Waals surface area contributed by atoms with Crippen LogP contribution in [0.1, 0.15) is 27.9 Å². The number of hydrogen-bond donors (Lipinski definition) is 2. The van der Waals surface area contributed by atoms with Crippen LogP contribution in [0, 0.1) is 0 Å². The summed E-state index contributed by atoms with van der Waals surface area (Å²) in [6, 6.07) is 8.27. The number of hydrogen-bond acceptors (Lipinski definition) is 4. The van der Waals surface area contributed by atoms with Gasteiger partial charge >= 0.3 is 0 Å². The number of guanidine groups is 1. The van der Waals surface area contributed by atoms with Crippen molar-refractivity contribution < 1.29 is 4.74 Å². The lowest BCUT2D eigenvalue weighted by Crippen LogP contribution is -2.38. The molecule has 0 saturated carbocycles. The first-order chi connectivity index (χ1) is 11.8. The predicted octanol–water partition coefficient (Wildman–Crippen LogP) is 2.76. The summed E-state index contributed by atoms with van der Waals surface area (Å²) in [6.07, 6.45) is 3.93. The molecule has 2 N–H and O–H groups in total. The van der Waals surface area contributed by atoms with E-state index in [9.17, 15) is 0 Å². The van der Waals surface area contributed by atoms with E-state index < -0.39 is 0 Å². The Hall–Kier alpha value is -1.92. The molecule has 0 amide bonds. The van der Waals surface area contributed by atoms with Crippen molar-refractivity contribution in [3.63, 3.8) is 0 Å². The molecule has 1 aromatic heterocycles. The normalized spacial score (nSPS) is 11.5. The molecular weight excluding hydrogens is 320 g/mol. The topological polar surface area (TPSA) is 58.5 Å². The van der Waals surface area contributed by atoms with Crippen LogP contribution in [0.5, 0.6) is 0 Å². The highest BCUT2D eigenvalue weighted by Gasteiger charge is 2.04. The van der Waals surface area contributed by atoms with Crippen molar-refractivity contribution in [2.75, 3.05) is 20.7 Å². The standard InChI is InChI=1S/C18H26N4OS/c1-4-16-12-21-17(24-16)9-10-20-18(19-2)22-11-14-7-5-6-8-15(14)13-23-3/h5-8,12H,4,9-11,13H2,1-3H3,(H2,19,20,22). The summed E-state index contributed by atoms with van der Waals surface area (Å²) in [5, 5.41) is 7.86. The predicted molar refractivity (Wildman–Crippen MR) is 101 cm³/mol.